The molecule has 0 fully saturated rings. The minimum atomic E-state index is -0.844. The zero-order valence-corrected chi connectivity index (χ0v) is 43.8. The minimum Gasteiger partial charge on any atom is -0.462 e. The van der Waals surface area contributed by atoms with Crippen LogP contribution in [0.1, 0.15) is 201 Å². The van der Waals surface area contributed by atoms with E-state index in [2.05, 4.69) is 179 Å². The van der Waals surface area contributed by atoms with Gasteiger partial charge in [-0.25, -0.2) is 0 Å². The van der Waals surface area contributed by atoms with E-state index < -0.39 is 6.10 Å². The first-order chi connectivity index (χ1) is 34.0. The fraction of sp³-hybridized carbons (Fsp3) is 0.540. The Kier molecular flexibility index (Phi) is 51.6. The Labute approximate surface area is 422 Å². The largest absolute Gasteiger partial charge is 0.462 e. The minimum absolute atomic E-state index is 0.142. The van der Waals surface area contributed by atoms with Crippen molar-refractivity contribution in [3.05, 3.63) is 158 Å². The number of carbonyl (C=O) groups is 3. The molecule has 6 nitrogen and oxygen atoms in total. The van der Waals surface area contributed by atoms with Gasteiger partial charge in [-0.15, -0.1) is 0 Å². The van der Waals surface area contributed by atoms with Gasteiger partial charge in [-0.1, -0.05) is 204 Å². The van der Waals surface area contributed by atoms with Crippen LogP contribution < -0.4 is 0 Å². The van der Waals surface area contributed by atoms with Crippen LogP contribution >= 0.6 is 0 Å². The number of ether oxygens (including phenoxy) is 3. The molecule has 0 heterocycles. The maximum absolute atomic E-state index is 12.8. The highest BCUT2D eigenvalue weighted by Crippen LogP contribution is 2.11. The van der Waals surface area contributed by atoms with E-state index in [1.54, 1.807) is 0 Å². The lowest BCUT2D eigenvalue weighted by Gasteiger charge is -2.18. The molecule has 0 aromatic rings. The van der Waals surface area contributed by atoms with Crippen LogP contribution in [0.3, 0.4) is 0 Å². The molecule has 0 unspecified atom stereocenters. The van der Waals surface area contributed by atoms with Crippen molar-refractivity contribution in [1.82, 2.24) is 0 Å². The SMILES string of the molecule is CC/C=C\C/C=C\C/C=C\C/C=C\C/C=C\CCCC(=O)OC[C@H](COC(=O)CCC/C=C\C/C=C\C/C=C\C/C=C\CCCCC)OC(=O)CCCCCC/C=C\C/C=C\C/C=C\C/C=C\CC. The van der Waals surface area contributed by atoms with E-state index in [1.165, 1.54) is 25.7 Å². The predicted molar refractivity (Wildman–Crippen MR) is 297 cm³/mol. The molecule has 0 saturated carbocycles. The lowest BCUT2D eigenvalue weighted by atomic mass is 10.1. The van der Waals surface area contributed by atoms with Crippen LogP contribution in [0.25, 0.3) is 0 Å². The molecule has 0 amide bonds. The van der Waals surface area contributed by atoms with Crippen LogP contribution in [-0.2, 0) is 28.6 Å². The van der Waals surface area contributed by atoms with Crippen LogP contribution in [0.2, 0.25) is 0 Å². The first kappa shape index (κ1) is 64.0. The smallest absolute Gasteiger partial charge is 0.306 e. The fourth-order valence-corrected chi connectivity index (χ4v) is 6.52. The molecule has 0 aliphatic rings. The van der Waals surface area contributed by atoms with Crippen molar-refractivity contribution in [1.29, 1.82) is 0 Å². The van der Waals surface area contributed by atoms with Gasteiger partial charge in [0.25, 0.3) is 0 Å². The molecule has 0 rings (SSSR count). The molecule has 0 aliphatic heterocycles. The summed E-state index contributed by atoms with van der Waals surface area (Å²) in [7, 11) is 0. The molecule has 0 aliphatic carbocycles. The first-order valence-electron chi connectivity index (χ1n) is 27.0. The summed E-state index contributed by atoms with van der Waals surface area (Å²) in [6, 6.07) is 0. The summed E-state index contributed by atoms with van der Waals surface area (Å²) in [6.07, 6.45) is 80.9. The van der Waals surface area contributed by atoms with Gasteiger partial charge in [0.15, 0.2) is 6.10 Å². The Morgan fingerprint density at radius 3 is 0.913 bits per heavy atom. The normalized spacial score (nSPS) is 13.4. The maximum atomic E-state index is 12.8. The number of allylic oxidation sites excluding steroid dienone is 26. The van der Waals surface area contributed by atoms with Crippen molar-refractivity contribution in [2.75, 3.05) is 13.2 Å². The number of carbonyl (C=O) groups excluding carboxylic acids is 3. The molecular formula is C63H96O6. The molecule has 69 heavy (non-hydrogen) atoms. The summed E-state index contributed by atoms with van der Waals surface area (Å²) in [4.78, 5) is 38.1. The molecular weight excluding hydrogens is 853 g/mol. The lowest BCUT2D eigenvalue weighted by molar-refractivity contribution is -0.167. The van der Waals surface area contributed by atoms with Crippen LogP contribution in [-0.4, -0.2) is 37.2 Å². The Balaban J connectivity index is 4.65. The molecule has 0 aromatic carbocycles. The van der Waals surface area contributed by atoms with E-state index in [9.17, 15) is 14.4 Å². The van der Waals surface area contributed by atoms with E-state index in [-0.39, 0.29) is 50.4 Å². The molecule has 0 bridgehead atoms. The number of hydrogen-bond acceptors (Lipinski definition) is 6. The van der Waals surface area contributed by atoms with Crippen LogP contribution in [0.4, 0.5) is 0 Å². The highest BCUT2D eigenvalue weighted by atomic mass is 16.6. The zero-order chi connectivity index (χ0) is 50.0. The van der Waals surface area contributed by atoms with Gasteiger partial charge < -0.3 is 14.2 Å². The number of hydrogen-bond donors (Lipinski definition) is 0. The summed E-state index contributed by atoms with van der Waals surface area (Å²) < 4.78 is 16.7. The maximum Gasteiger partial charge on any atom is 0.306 e. The summed E-state index contributed by atoms with van der Waals surface area (Å²) in [5.41, 5.74) is 0. The second-order valence-electron chi connectivity index (χ2n) is 17.0. The third-order valence-corrected chi connectivity index (χ3v) is 10.5. The zero-order valence-electron chi connectivity index (χ0n) is 43.8. The standard InChI is InChI=1S/C63H96O6/c1-4-7-10-13-16-19-22-25-28-31-34-37-40-43-46-49-52-55-61(64)67-58-60(69-63(66)57-54-51-48-45-42-39-36-33-30-27-24-21-18-15-12-9-6-3)59-68-62(65)56-53-50-47-44-41-38-35-32-29-26-23-20-17-14-11-8-5-2/h7,9-10,12,16-21,25-30,34-39,43-44,46-47,60H,4-6,8,11,13-15,22-24,31-33,40-42,45,48-59H2,1-3H3/b10-7-,12-9-,19-16-,20-17-,21-18-,28-25-,29-26-,30-27-,37-34-,38-35-,39-36-,46-43-,47-44-/t60-/m1/s1. The van der Waals surface area contributed by atoms with Crippen molar-refractivity contribution in [3.63, 3.8) is 0 Å². The second kappa shape index (κ2) is 55.6. The van der Waals surface area contributed by atoms with Gasteiger partial charge in [0.05, 0.1) is 0 Å². The van der Waals surface area contributed by atoms with Crippen LogP contribution in [0, 0.1) is 0 Å². The summed E-state index contributed by atoms with van der Waals surface area (Å²) >= 11 is 0. The molecule has 0 radical (unpaired) electrons. The molecule has 0 spiro atoms. The summed E-state index contributed by atoms with van der Waals surface area (Å²) in [5, 5.41) is 0. The molecule has 6 heteroatoms. The van der Waals surface area contributed by atoms with E-state index in [4.69, 9.17) is 14.2 Å². The molecule has 0 saturated heterocycles. The van der Waals surface area contributed by atoms with Crippen LogP contribution in [0.5, 0.6) is 0 Å². The van der Waals surface area contributed by atoms with Crippen molar-refractivity contribution in [3.8, 4) is 0 Å². The number of rotatable bonds is 46. The van der Waals surface area contributed by atoms with E-state index in [0.717, 1.165) is 116 Å². The van der Waals surface area contributed by atoms with Gasteiger partial charge in [0.1, 0.15) is 13.2 Å². The third kappa shape index (κ3) is 53.8. The molecule has 0 N–H and O–H groups in total. The van der Waals surface area contributed by atoms with Crippen molar-refractivity contribution in [2.45, 2.75) is 207 Å². The fourth-order valence-electron chi connectivity index (χ4n) is 6.52. The monoisotopic (exact) mass is 949 g/mol. The Hall–Kier alpha value is -4.97. The van der Waals surface area contributed by atoms with Gasteiger partial charge >= 0.3 is 17.9 Å². The summed E-state index contributed by atoms with van der Waals surface area (Å²) in [5.74, 6) is -1.09. The number of unbranched alkanes of at least 4 members (excludes halogenated alkanes) is 9. The molecule has 384 valence electrons. The Morgan fingerprint density at radius 2 is 0.580 bits per heavy atom. The van der Waals surface area contributed by atoms with Gasteiger partial charge in [-0.05, 0) is 135 Å². The van der Waals surface area contributed by atoms with Crippen LogP contribution in [0.15, 0.2) is 158 Å². The highest BCUT2D eigenvalue weighted by Gasteiger charge is 2.19. The van der Waals surface area contributed by atoms with Crippen molar-refractivity contribution in [2.24, 2.45) is 0 Å². The average Bonchev–Trinajstić information content (AvgIpc) is 3.35. The Bertz CT molecular complexity index is 1610. The van der Waals surface area contributed by atoms with Crippen molar-refractivity contribution >= 4 is 17.9 Å². The first-order valence-corrected chi connectivity index (χ1v) is 27.0. The second-order valence-corrected chi connectivity index (χ2v) is 17.0. The third-order valence-electron chi connectivity index (χ3n) is 10.5. The van der Waals surface area contributed by atoms with Gasteiger partial charge in [0, 0.05) is 19.3 Å². The number of esters is 3. The van der Waals surface area contributed by atoms with Gasteiger partial charge in [-0.3, -0.25) is 14.4 Å². The van der Waals surface area contributed by atoms with Gasteiger partial charge in [-0.2, -0.15) is 0 Å². The van der Waals surface area contributed by atoms with E-state index in [0.29, 0.717) is 19.3 Å². The summed E-state index contributed by atoms with van der Waals surface area (Å²) in [6.45, 7) is 6.24. The topological polar surface area (TPSA) is 78.9 Å². The molecule has 1 atom stereocenters. The average molecular weight is 949 g/mol. The predicted octanol–water partition coefficient (Wildman–Crippen LogP) is 18.2. The quantitative estimate of drug-likeness (QED) is 0.0262. The van der Waals surface area contributed by atoms with Crippen molar-refractivity contribution < 1.29 is 28.6 Å². The highest BCUT2D eigenvalue weighted by molar-refractivity contribution is 5.71. The Morgan fingerprint density at radius 1 is 0.304 bits per heavy atom. The van der Waals surface area contributed by atoms with Gasteiger partial charge in [0.2, 0.25) is 0 Å². The lowest BCUT2D eigenvalue weighted by Crippen LogP contribution is -2.30. The van der Waals surface area contributed by atoms with E-state index in [1.807, 2.05) is 0 Å². The van der Waals surface area contributed by atoms with E-state index >= 15 is 0 Å². The molecule has 0 aromatic heterocycles.